The van der Waals surface area contributed by atoms with E-state index in [2.05, 4.69) is 30.0 Å². The van der Waals surface area contributed by atoms with Gasteiger partial charge in [-0.15, -0.1) is 0 Å². The highest BCUT2D eigenvalue weighted by Crippen LogP contribution is 2.52. The maximum atomic E-state index is 6.06. The molecule has 23 heavy (non-hydrogen) atoms. The van der Waals surface area contributed by atoms with Crippen molar-refractivity contribution in [1.29, 1.82) is 0 Å². The summed E-state index contributed by atoms with van der Waals surface area (Å²) in [5.74, 6) is 2.64. The lowest BCUT2D eigenvalue weighted by Gasteiger charge is -2.56. The van der Waals surface area contributed by atoms with E-state index in [0.29, 0.717) is 12.0 Å². The van der Waals surface area contributed by atoms with Crippen molar-refractivity contribution in [2.75, 3.05) is 26.7 Å². The van der Waals surface area contributed by atoms with Crippen LogP contribution < -0.4 is 10.5 Å². The molecule has 1 aliphatic heterocycles. The SMILES string of the molecule is COc1ccc2c(c1)[C@]1(CCN)CCN(CC3CC3)[C@H](C2)[C@@H]1C. The summed E-state index contributed by atoms with van der Waals surface area (Å²) in [5.41, 5.74) is 9.37. The van der Waals surface area contributed by atoms with Gasteiger partial charge in [-0.1, -0.05) is 13.0 Å². The van der Waals surface area contributed by atoms with E-state index in [1.807, 2.05) is 0 Å². The molecule has 4 rings (SSSR count). The number of hydrogen-bond acceptors (Lipinski definition) is 3. The number of fused-ring (bicyclic) bond motifs is 4. The number of nitrogens with two attached hydrogens (primary N) is 1. The van der Waals surface area contributed by atoms with E-state index in [0.717, 1.165) is 24.6 Å². The highest BCUT2D eigenvalue weighted by Gasteiger charge is 2.51. The third kappa shape index (κ3) is 2.49. The fourth-order valence-corrected chi connectivity index (χ4v) is 5.26. The minimum atomic E-state index is 0.252. The normalized spacial score (nSPS) is 33.3. The summed E-state index contributed by atoms with van der Waals surface area (Å²) in [7, 11) is 1.77. The van der Waals surface area contributed by atoms with Crippen LogP contribution in [-0.2, 0) is 11.8 Å². The molecule has 3 aliphatic rings. The van der Waals surface area contributed by atoms with Crippen molar-refractivity contribution in [3.63, 3.8) is 0 Å². The topological polar surface area (TPSA) is 38.5 Å². The summed E-state index contributed by atoms with van der Waals surface area (Å²) in [6.07, 6.45) is 6.43. The minimum Gasteiger partial charge on any atom is -0.497 e. The maximum Gasteiger partial charge on any atom is 0.119 e. The Morgan fingerprint density at radius 3 is 2.87 bits per heavy atom. The van der Waals surface area contributed by atoms with E-state index in [4.69, 9.17) is 10.5 Å². The molecule has 1 aromatic carbocycles. The number of ether oxygens (including phenoxy) is 1. The van der Waals surface area contributed by atoms with E-state index >= 15 is 0 Å². The van der Waals surface area contributed by atoms with Gasteiger partial charge in [0.05, 0.1) is 7.11 Å². The Hall–Kier alpha value is -1.06. The first kappa shape index (κ1) is 15.5. The fourth-order valence-electron chi connectivity index (χ4n) is 5.26. The molecule has 1 aromatic rings. The van der Waals surface area contributed by atoms with Gasteiger partial charge in [0.2, 0.25) is 0 Å². The van der Waals surface area contributed by atoms with Crippen LogP contribution >= 0.6 is 0 Å². The van der Waals surface area contributed by atoms with Crippen LogP contribution in [0.4, 0.5) is 0 Å². The minimum absolute atomic E-state index is 0.252. The van der Waals surface area contributed by atoms with Gasteiger partial charge < -0.3 is 10.5 Å². The largest absolute Gasteiger partial charge is 0.497 e. The van der Waals surface area contributed by atoms with Crippen LogP contribution in [0.1, 0.15) is 43.7 Å². The lowest BCUT2D eigenvalue weighted by Crippen LogP contribution is -2.59. The van der Waals surface area contributed by atoms with E-state index in [1.54, 1.807) is 7.11 Å². The van der Waals surface area contributed by atoms with Gasteiger partial charge in [-0.2, -0.15) is 0 Å². The van der Waals surface area contributed by atoms with E-state index in [9.17, 15) is 0 Å². The van der Waals surface area contributed by atoms with Crippen LogP contribution in [0.3, 0.4) is 0 Å². The molecule has 0 unspecified atom stereocenters. The molecule has 2 bridgehead atoms. The summed E-state index contributed by atoms with van der Waals surface area (Å²) in [6.45, 7) is 5.81. The molecule has 1 saturated heterocycles. The third-order valence-electron chi connectivity index (χ3n) is 6.83. The number of likely N-dealkylation sites (tertiary alicyclic amines) is 1. The van der Waals surface area contributed by atoms with Gasteiger partial charge in [-0.05, 0) is 80.3 Å². The number of nitrogens with zero attached hydrogens (tertiary/aromatic N) is 1. The molecule has 2 aliphatic carbocycles. The van der Waals surface area contributed by atoms with Gasteiger partial charge in [0.15, 0.2) is 0 Å². The van der Waals surface area contributed by atoms with Crippen molar-refractivity contribution in [2.45, 2.75) is 50.5 Å². The van der Waals surface area contributed by atoms with Gasteiger partial charge in [0.1, 0.15) is 5.75 Å². The number of benzene rings is 1. The van der Waals surface area contributed by atoms with Gasteiger partial charge in [-0.3, -0.25) is 4.90 Å². The zero-order valence-electron chi connectivity index (χ0n) is 14.6. The Kier molecular flexibility index (Phi) is 3.89. The lowest BCUT2D eigenvalue weighted by atomic mass is 9.56. The van der Waals surface area contributed by atoms with Crippen LogP contribution in [-0.4, -0.2) is 37.7 Å². The molecule has 3 nitrogen and oxygen atoms in total. The fraction of sp³-hybridized carbons (Fsp3) is 0.700. The Balaban J connectivity index is 1.73. The average molecular weight is 314 g/mol. The smallest absolute Gasteiger partial charge is 0.119 e. The van der Waals surface area contributed by atoms with Gasteiger partial charge >= 0.3 is 0 Å². The van der Waals surface area contributed by atoms with Crippen molar-refractivity contribution < 1.29 is 4.74 Å². The summed E-state index contributed by atoms with van der Waals surface area (Å²) in [5, 5.41) is 0. The molecule has 3 atom stereocenters. The molecule has 126 valence electrons. The highest BCUT2D eigenvalue weighted by molar-refractivity contribution is 5.45. The molecule has 0 radical (unpaired) electrons. The summed E-state index contributed by atoms with van der Waals surface area (Å²) < 4.78 is 5.52. The second-order valence-corrected chi connectivity index (χ2v) is 7.97. The number of piperidine rings is 1. The van der Waals surface area contributed by atoms with Crippen molar-refractivity contribution in [3.8, 4) is 5.75 Å². The van der Waals surface area contributed by atoms with Crippen LogP contribution in [0.2, 0.25) is 0 Å². The summed E-state index contributed by atoms with van der Waals surface area (Å²) >= 11 is 0. The Bertz CT molecular complexity index is 583. The zero-order chi connectivity index (χ0) is 16.0. The molecular weight excluding hydrogens is 284 g/mol. The van der Waals surface area contributed by atoms with Crippen molar-refractivity contribution in [2.24, 2.45) is 17.6 Å². The van der Waals surface area contributed by atoms with Crippen molar-refractivity contribution >= 4 is 0 Å². The second-order valence-electron chi connectivity index (χ2n) is 7.97. The van der Waals surface area contributed by atoms with Crippen LogP contribution in [0.5, 0.6) is 5.75 Å². The van der Waals surface area contributed by atoms with E-state index < -0.39 is 0 Å². The summed E-state index contributed by atoms with van der Waals surface area (Å²) in [6, 6.07) is 7.43. The third-order valence-corrected chi connectivity index (χ3v) is 6.83. The summed E-state index contributed by atoms with van der Waals surface area (Å²) in [4.78, 5) is 2.80. The van der Waals surface area contributed by atoms with E-state index in [-0.39, 0.29) is 5.41 Å². The van der Waals surface area contributed by atoms with Crippen LogP contribution in [0, 0.1) is 11.8 Å². The molecule has 0 amide bonds. The van der Waals surface area contributed by atoms with Gasteiger partial charge in [-0.25, -0.2) is 0 Å². The number of rotatable bonds is 5. The standard InChI is InChI=1S/C20H30N2O/c1-14-19-11-16-5-6-17(23-2)12-18(16)20(14,7-9-21)8-10-22(19)13-15-3-4-15/h5-6,12,14-15,19H,3-4,7-11,13,21H2,1-2H3/t14-,19+,20+/m0/s1. The maximum absolute atomic E-state index is 6.06. The second kappa shape index (κ2) is 5.78. The van der Waals surface area contributed by atoms with E-state index in [1.165, 1.54) is 49.9 Å². The average Bonchev–Trinajstić information content (AvgIpc) is 3.37. The Morgan fingerprint density at radius 2 is 2.17 bits per heavy atom. The van der Waals surface area contributed by atoms with Crippen molar-refractivity contribution in [3.05, 3.63) is 29.3 Å². The Labute approximate surface area is 140 Å². The predicted octanol–water partition coefficient (Wildman–Crippen LogP) is 2.96. The molecule has 2 fully saturated rings. The quantitative estimate of drug-likeness (QED) is 0.908. The zero-order valence-corrected chi connectivity index (χ0v) is 14.6. The monoisotopic (exact) mass is 314 g/mol. The van der Waals surface area contributed by atoms with Crippen LogP contribution in [0.15, 0.2) is 18.2 Å². The molecule has 0 spiro atoms. The molecule has 3 heteroatoms. The van der Waals surface area contributed by atoms with Gasteiger partial charge in [0, 0.05) is 18.0 Å². The molecule has 1 heterocycles. The first-order valence-corrected chi connectivity index (χ1v) is 9.29. The van der Waals surface area contributed by atoms with Crippen LogP contribution in [0.25, 0.3) is 0 Å². The molecular formula is C20H30N2O. The first-order valence-electron chi connectivity index (χ1n) is 9.29. The van der Waals surface area contributed by atoms with Gasteiger partial charge in [0.25, 0.3) is 0 Å². The lowest BCUT2D eigenvalue weighted by molar-refractivity contribution is 0.0168. The molecule has 0 aromatic heterocycles. The molecule has 2 N–H and O–H groups in total. The van der Waals surface area contributed by atoms with Crippen molar-refractivity contribution in [1.82, 2.24) is 4.90 Å². The first-order chi connectivity index (χ1) is 11.2. The molecule has 1 saturated carbocycles. The number of hydrogen-bond donors (Lipinski definition) is 1. The predicted molar refractivity (Wildman–Crippen MR) is 93.9 cm³/mol. The Morgan fingerprint density at radius 1 is 1.35 bits per heavy atom. The number of methoxy groups -OCH3 is 1. The highest BCUT2D eigenvalue weighted by atomic mass is 16.5.